The predicted octanol–water partition coefficient (Wildman–Crippen LogP) is 3.39. The fourth-order valence-corrected chi connectivity index (χ4v) is 4.69. The number of carbonyl (C=O) groups excluding carboxylic acids is 1. The maximum absolute atomic E-state index is 12.7. The van der Waals surface area contributed by atoms with Gasteiger partial charge in [-0.3, -0.25) is 9.10 Å². The molecule has 3 rings (SSSR count). The molecule has 0 saturated carbocycles. The molecule has 0 radical (unpaired) electrons. The van der Waals surface area contributed by atoms with E-state index in [2.05, 4.69) is 5.32 Å². The van der Waals surface area contributed by atoms with Crippen LogP contribution in [0.15, 0.2) is 54.6 Å². The highest BCUT2D eigenvalue weighted by molar-refractivity contribution is 7.92. The van der Waals surface area contributed by atoms with Gasteiger partial charge < -0.3 is 10.1 Å². The highest BCUT2D eigenvalue weighted by atomic mass is 32.2. The number of hydrogen-bond acceptors (Lipinski definition) is 4. The first-order valence-electron chi connectivity index (χ1n) is 10.2. The number of carbonyl (C=O) groups is 1. The van der Waals surface area contributed by atoms with Crippen LogP contribution in [0.3, 0.4) is 0 Å². The largest absolute Gasteiger partial charge is 0.490 e. The van der Waals surface area contributed by atoms with Gasteiger partial charge in [-0.05, 0) is 43.5 Å². The van der Waals surface area contributed by atoms with Gasteiger partial charge in [0.25, 0.3) is 0 Å². The van der Waals surface area contributed by atoms with Gasteiger partial charge in [0, 0.05) is 24.7 Å². The first-order valence-corrected chi connectivity index (χ1v) is 11.8. The summed E-state index contributed by atoms with van der Waals surface area (Å²) in [4.78, 5) is 12.2. The minimum Gasteiger partial charge on any atom is -0.490 e. The number of nitrogens with one attached hydrogen (secondary N) is 1. The van der Waals surface area contributed by atoms with Gasteiger partial charge in [-0.2, -0.15) is 0 Å². The standard InChI is InChI=1S/C23H28N2O4S/c1-3-18(2)29-22-11-7-5-9-20(22)12-13-23(26)24-15-17-30(27,28)25-16-14-19-8-4-6-10-21(19)25/h4-13,18H,3,14-17H2,1-2H3,(H,24,26). The highest BCUT2D eigenvalue weighted by Crippen LogP contribution is 2.29. The third-order valence-electron chi connectivity index (χ3n) is 5.08. The Morgan fingerprint density at radius 2 is 1.93 bits per heavy atom. The van der Waals surface area contributed by atoms with Crippen molar-refractivity contribution in [2.45, 2.75) is 32.8 Å². The molecule has 0 aromatic heterocycles. The molecular formula is C23H28N2O4S. The van der Waals surface area contributed by atoms with Gasteiger partial charge in [-0.1, -0.05) is 43.3 Å². The van der Waals surface area contributed by atoms with E-state index in [4.69, 9.17) is 4.74 Å². The molecule has 1 atom stereocenters. The predicted molar refractivity (Wildman–Crippen MR) is 120 cm³/mol. The number of para-hydroxylation sites is 2. The molecule has 1 amide bonds. The molecule has 0 spiro atoms. The molecule has 2 aromatic carbocycles. The van der Waals surface area contributed by atoms with Gasteiger partial charge in [0.15, 0.2) is 0 Å². The Morgan fingerprint density at radius 3 is 2.73 bits per heavy atom. The summed E-state index contributed by atoms with van der Waals surface area (Å²) in [6, 6.07) is 15.0. The Balaban J connectivity index is 1.54. The zero-order valence-corrected chi connectivity index (χ0v) is 18.2. The van der Waals surface area contributed by atoms with Gasteiger partial charge in [-0.25, -0.2) is 8.42 Å². The summed E-state index contributed by atoms with van der Waals surface area (Å²) in [6.07, 6.45) is 4.75. The maximum atomic E-state index is 12.7. The van der Waals surface area contributed by atoms with E-state index in [-0.39, 0.29) is 24.3 Å². The van der Waals surface area contributed by atoms with E-state index in [0.717, 1.165) is 23.2 Å². The van der Waals surface area contributed by atoms with Crippen molar-refractivity contribution >= 4 is 27.7 Å². The number of amides is 1. The van der Waals surface area contributed by atoms with Gasteiger partial charge in [0.05, 0.1) is 17.5 Å². The fraction of sp³-hybridized carbons (Fsp3) is 0.348. The zero-order chi connectivity index (χ0) is 21.6. The molecule has 1 aliphatic rings. The van der Waals surface area contributed by atoms with Crippen molar-refractivity contribution in [3.8, 4) is 5.75 Å². The average molecular weight is 429 g/mol. The van der Waals surface area contributed by atoms with Crippen LogP contribution in [-0.2, 0) is 21.2 Å². The van der Waals surface area contributed by atoms with Gasteiger partial charge >= 0.3 is 0 Å². The van der Waals surface area contributed by atoms with Crippen LogP contribution in [-0.4, -0.2) is 39.3 Å². The van der Waals surface area contributed by atoms with E-state index in [1.807, 2.05) is 62.4 Å². The molecule has 30 heavy (non-hydrogen) atoms. The molecule has 0 bridgehead atoms. The molecule has 1 N–H and O–H groups in total. The van der Waals surface area contributed by atoms with E-state index in [1.165, 1.54) is 10.4 Å². The number of anilines is 1. The lowest BCUT2D eigenvalue weighted by molar-refractivity contribution is -0.116. The minimum absolute atomic E-state index is 0.0508. The van der Waals surface area contributed by atoms with Gasteiger partial charge in [-0.15, -0.1) is 0 Å². The molecule has 0 saturated heterocycles. The number of rotatable bonds is 9. The van der Waals surface area contributed by atoms with Crippen LogP contribution < -0.4 is 14.4 Å². The highest BCUT2D eigenvalue weighted by Gasteiger charge is 2.28. The molecule has 1 aliphatic heterocycles. The fourth-order valence-electron chi connectivity index (χ4n) is 3.26. The van der Waals surface area contributed by atoms with Gasteiger partial charge in [0.1, 0.15) is 5.75 Å². The number of hydrogen-bond donors (Lipinski definition) is 1. The normalized spacial score (nSPS) is 14.5. The monoisotopic (exact) mass is 428 g/mol. The van der Waals surface area contributed by atoms with E-state index in [1.54, 1.807) is 6.08 Å². The van der Waals surface area contributed by atoms with Crippen LogP contribution >= 0.6 is 0 Å². The molecule has 1 heterocycles. The van der Waals surface area contributed by atoms with Gasteiger partial charge in [0.2, 0.25) is 15.9 Å². The van der Waals surface area contributed by atoms with Crippen molar-refractivity contribution < 1.29 is 17.9 Å². The lowest BCUT2D eigenvalue weighted by Crippen LogP contribution is -2.36. The Kier molecular flexibility index (Phi) is 7.15. The molecule has 0 fully saturated rings. The topological polar surface area (TPSA) is 75.7 Å². The Labute approximate surface area is 178 Å². The summed E-state index contributed by atoms with van der Waals surface area (Å²) in [6.45, 7) is 4.54. The summed E-state index contributed by atoms with van der Waals surface area (Å²) in [5, 5.41) is 2.66. The second-order valence-electron chi connectivity index (χ2n) is 7.27. The third-order valence-corrected chi connectivity index (χ3v) is 6.85. The van der Waals surface area contributed by atoms with Crippen LogP contribution in [0.5, 0.6) is 5.75 Å². The summed E-state index contributed by atoms with van der Waals surface area (Å²) < 4.78 is 32.7. The van der Waals surface area contributed by atoms with Crippen LogP contribution in [0.4, 0.5) is 5.69 Å². The van der Waals surface area contributed by atoms with Crippen molar-refractivity contribution in [3.63, 3.8) is 0 Å². The van der Waals surface area contributed by atoms with E-state index in [0.29, 0.717) is 18.7 Å². The molecule has 1 unspecified atom stereocenters. The van der Waals surface area contributed by atoms with Crippen LogP contribution in [0.2, 0.25) is 0 Å². The van der Waals surface area contributed by atoms with E-state index in [9.17, 15) is 13.2 Å². The molecule has 2 aromatic rings. The number of nitrogens with zero attached hydrogens (tertiary/aromatic N) is 1. The summed E-state index contributed by atoms with van der Waals surface area (Å²) >= 11 is 0. The second-order valence-corrected chi connectivity index (χ2v) is 9.28. The van der Waals surface area contributed by atoms with Crippen molar-refractivity contribution in [1.29, 1.82) is 0 Å². The average Bonchev–Trinajstić information content (AvgIpc) is 3.18. The molecule has 160 valence electrons. The molecule has 7 heteroatoms. The molecule has 0 aliphatic carbocycles. The number of sulfonamides is 1. The van der Waals surface area contributed by atoms with Crippen molar-refractivity contribution in [3.05, 3.63) is 65.7 Å². The molecular weight excluding hydrogens is 400 g/mol. The zero-order valence-electron chi connectivity index (χ0n) is 17.4. The van der Waals surface area contributed by atoms with Crippen molar-refractivity contribution in [2.24, 2.45) is 0 Å². The van der Waals surface area contributed by atoms with E-state index < -0.39 is 10.0 Å². The summed E-state index contributed by atoms with van der Waals surface area (Å²) in [5.41, 5.74) is 2.57. The lowest BCUT2D eigenvalue weighted by atomic mass is 10.2. The Hall–Kier alpha value is -2.80. The van der Waals surface area contributed by atoms with Crippen LogP contribution in [0.25, 0.3) is 6.08 Å². The third kappa shape index (κ3) is 5.42. The smallest absolute Gasteiger partial charge is 0.244 e. The summed E-state index contributed by atoms with van der Waals surface area (Å²) in [5.74, 6) is 0.228. The van der Waals surface area contributed by atoms with Crippen LogP contribution in [0.1, 0.15) is 31.4 Å². The summed E-state index contributed by atoms with van der Waals surface area (Å²) in [7, 11) is -3.48. The number of benzene rings is 2. The Morgan fingerprint density at radius 1 is 1.20 bits per heavy atom. The lowest BCUT2D eigenvalue weighted by Gasteiger charge is -2.19. The minimum atomic E-state index is -3.48. The number of ether oxygens (including phenoxy) is 1. The molecule has 6 nitrogen and oxygen atoms in total. The van der Waals surface area contributed by atoms with Crippen molar-refractivity contribution in [2.75, 3.05) is 23.1 Å². The maximum Gasteiger partial charge on any atom is 0.244 e. The second kappa shape index (κ2) is 9.80. The Bertz CT molecular complexity index is 1020. The van der Waals surface area contributed by atoms with E-state index >= 15 is 0 Å². The first-order chi connectivity index (χ1) is 14.4. The van der Waals surface area contributed by atoms with Crippen LogP contribution in [0, 0.1) is 0 Å². The number of fused-ring (bicyclic) bond motifs is 1. The quantitative estimate of drug-likeness (QED) is 0.621. The SMILES string of the molecule is CCC(C)Oc1ccccc1C=CC(=O)NCCS(=O)(=O)N1CCc2ccccc21. The first kappa shape index (κ1) is 21.9. The van der Waals surface area contributed by atoms with Crippen molar-refractivity contribution in [1.82, 2.24) is 5.32 Å².